The van der Waals surface area contributed by atoms with Crippen molar-refractivity contribution in [3.05, 3.63) is 361 Å². The van der Waals surface area contributed by atoms with E-state index < -0.39 is 0 Å². The number of fused-ring (bicyclic) bond motifs is 15. The monoisotopic (exact) mass is 1370 g/mol. The van der Waals surface area contributed by atoms with Crippen LogP contribution in [0, 0.1) is 34.6 Å². The minimum absolute atomic E-state index is 1.28. The van der Waals surface area contributed by atoms with Crippen LogP contribution < -0.4 is 0 Å². The Morgan fingerprint density at radius 1 is 0.160 bits per heavy atom. The van der Waals surface area contributed by atoms with Crippen LogP contribution in [0.1, 0.15) is 27.8 Å². The zero-order valence-corrected chi connectivity index (χ0v) is 60.4. The summed E-state index contributed by atoms with van der Waals surface area (Å²) in [7, 11) is 0. The van der Waals surface area contributed by atoms with Gasteiger partial charge in [-0.3, -0.25) is 0 Å². The standard InChI is InChI=1S/5C19H14S/c1-13-6-4-7-14(12-13)15-9-5-10-17-16-8-2-3-11-18(16)20-19(15)17;1-13-5-4-6-14(11-13)15-9-10-19-17(12-15)16-7-2-3-8-18(16)20-19;1-13-6-2-3-7-15(13)14-10-11-19-17(12-14)16-8-4-5-9-18(16)20-19;1-13-9-11-14(12-10-13)15-6-4-7-17-16-5-2-3-8-18(16)20-19(15)17;1-13-6-8-14(9-7-13)15-10-11-19-17(12-15)16-4-2-3-5-18(16)20-19/h5*2-12H,1H3. The Kier molecular flexibility index (Phi) is 18.2. The molecule has 5 aromatic heterocycles. The van der Waals surface area contributed by atoms with Crippen molar-refractivity contribution in [3.8, 4) is 55.6 Å². The van der Waals surface area contributed by atoms with Crippen LogP contribution in [0.15, 0.2) is 334 Å². The van der Waals surface area contributed by atoms with E-state index in [1.54, 1.807) is 0 Å². The molecule has 0 radical (unpaired) electrons. The second kappa shape index (κ2) is 28.3. The molecule has 0 nitrogen and oxygen atoms in total. The van der Waals surface area contributed by atoms with E-state index in [0.29, 0.717) is 0 Å². The molecule has 20 rings (SSSR count). The summed E-state index contributed by atoms with van der Waals surface area (Å²) in [4.78, 5) is 0. The molecule has 0 N–H and O–H groups in total. The number of hydrogen-bond acceptors (Lipinski definition) is 5. The molecule has 0 saturated heterocycles. The predicted molar refractivity (Wildman–Crippen MR) is 448 cm³/mol. The second-order valence-corrected chi connectivity index (χ2v) is 31.1. The largest absolute Gasteiger partial charge is 0.135 e. The van der Waals surface area contributed by atoms with Crippen LogP contribution in [0.3, 0.4) is 0 Å². The lowest BCUT2D eigenvalue weighted by Gasteiger charge is -2.05. The topological polar surface area (TPSA) is 0 Å². The third-order valence-electron chi connectivity index (χ3n) is 18.8. The minimum Gasteiger partial charge on any atom is -0.135 e. The van der Waals surface area contributed by atoms with Gasteiger partial charge in [-0.15, -0.1) is 56.7 Å². The molecule has 0 aliphatic carbocycles. The van der Waals surface area contributed by atoms with Crippen molar-refractivity contribution in [2.75, 3.05) is 0 Å². The molecule has 0 aliphatic rings. The van der Waals surface area contributed by atoms with Gasteiger partial charge in [0.2, 0.25) is 0 Å². The minimum atomic E-state index is 1.28. The number of thiophene rings is 5. The average molecular weight is 1370 g/mol. The van der Waals surface area contributed by atoms with E-state index in [2.05, 4.69) is 368 Å². The summed E-state index contributed by atoms with van der Waals surface area (Å²) < 4.78 is 13.7. The summed E-state index contributed by atoms with van der Waals surface area (Å²) in [6.07, 6.45) is 0. The van der Waals surface area contributed by atoms with Crippen LogP contribution in [0.25, 0.3) is 156 Å². The molecule has 0 fully saturated rings. The molecule has 20 aromatic rings. The highest BCUT2D eigenvalue weighted by atomic mass is 32.1. The zero-order valence-electron chi connectivity index (χ0n) is 56.3. The van der Waals surface area contributed by atoms with Crippen molar-refractivity contribution >= 4 is 158 Å². The predicted octanol–water partition coefficient (Wildman–Crippen LogP) is 30.1. The highest BCUT2D eigenvalue weighted by Gasteiger charge is 2.14. The van der Waals surface area contributed by atoms with Gasteiger partial charge in [0.15, 0.2) is 0 Å². The Morgan fingerprint density at radius 3 is 0.910 bits per heavy atom. The number of aryl methyl sites for hydroxylation is 5. The van der Waals surface area contributed by atoms with Crippen molar-refractivity contribution in [2.24, 2.45) is 0 Å². The fraction of sp³-hybridized carbons (Fsp3) is 0.0526. The molecule has 5 heterocycles. The molecule has 0 saturated carbocycles. The van der Waals surface area contributed by atoms with Crippen LogP contribution in [-0.2, 0) is 0 Å². The SMILES string of the molecule is Cc1ccc(-c2ccc3sc4ccccc4c3c2)cc1.Cc1ccc(-c2cccc3c2sc2ccccc23)cc1.Cc1cccc(-c2ccc3sc4ccccc4c3c2)c1.Cc1cccc(-c2cccc3c2sc2ccccc23)c1.Cc1ccccc1-c1ccc2sc3ccccc3c2c1. The molecule has 0 atom stereocenters. The van der Waals surface area contributed by atoms with E-state index in [0.717, 1.165) is 0 Å². The van der Waals surface area contributed by atoms with E-state index in [4.69, 9.17) is 0 Å². The Hall–Kier alpha value is -10.6. The molecular weight excluding hydrogens is 1300 g/mol. The van der Waals surface area contributed by atoms with Crippen LogP contribution in [0.4, 0.5) is 0 Å². The quantitative estimate of drug-likeness (QED) is 0.161. The van der Waals surface area contributed by atoms with Crippen molar-refractivity contribution in [3.63, 3.8) is 0 Å². The summed E-state index contributed by atoms with van der Waals surface area (Å²) in [5.74, 6) is 0. The van der Waals surface area contributed by atoms with Gasteiger partial charge in [0.05, 0.1) is 0 Å². The molecule has 0 aliphatic heterocycles. The first kappa shape index (κ1) is 64.1. The number of hydrogen-bond donors (Lipinski definition) is 0. The fourth-order valence-electron chi connectivity index (χ4n) is 13.7. The maximum Gasteiger partial charge on any atom is 0.0433 e. The van der Waals surface area contributed by atoms with Crippen LogP contribution in [0.5, 0.6) is 0 Å². The Labute approximate surface area is 604 Å². The first-order valence-corrected chi connectivity index (χ1v) is 38.1. The maximum absolute atomic E-state index is 2.33. The molecule has 480 valence electrons. The lowest BCUT2D eigenvalue weighted by atomic mass is 9.99. The van der Waals surface area contributed by atoms with Gasteiger partial charge in [0, 0.05) is 101 Å². The smallest absolute Gasteiger partial charge is 0.0433 e. The van der Waals surface area contributed by atoms with Crippen molar-refractivity contribution in [1.82, 2.24) is 0 Å². The van der Waals surface area contributed by atoms with Crippen LogP contribution >= 0.6 is 56.7 Å². The molecular formula is C95H70S5. The van der Waals surface area contributed by atoms with E-state index in [1.165, 1.54) is 184 Å². The number of benzene rings is 15. The first-order chi connectivity index (χ1) is 49.1. The lowest BCUT2D eigenvalue weighted by Crippen LogP contribution is -1.81. The molecule has 0 spiro atoms. The zero-order chi connectivity index (χ0) is 67.6. The van der Waals surface area contributed by atoms with Crippen LogP contribution in [-0.4, -0.2) is 0 Å². The van der Waals surface area contributed by atoms with Crippen LogP contribution in [0.2, 0.25) is 0 Å². The van der Waals surface area contributed by atoms with Gasteiger partial charge in [-0.2, -0.15) is 0 Å². The lowest BCUT2D eigenvalue weighted by molar-refractivity contribution is 1.46. The van der Waals surface area contributed by atoms with Crippen molar-refractivity contribution < 1.29 is 0 Å². The maximum atomic E-state index is 2.33. The molecule has 100 heavy (non-hydrogen) atoms. The van der Waals surface area contributed by atoms with Gasteiger partial charge in [-0.25, -0.2) is 0 Å². The molecule has 0 unspecified atom stereocenters. The van der Waals surface area contributed by atoms with Gasteiger partial charge >= 0.3 is 0 Å². The fourth-order valence-corrected chi connectivity index (χ4v) is 19.4. The van der Waals surface area contributed by atoms with E-state index in [1.807, 2.05) is 56.7 Å². The third-order valence-corrected chi connectivity index (χ3v) is 24.7. The highest BCUT2D eigenvalue weighted by molar-refractivity contribution is 7.27. The molecule has 0 amide bonds. The molecule has 5 heteroatoms. The first-order valence-electron chi connectivity index (χ1n) is 34.0. The normalized spacial score (nSPS) is 11.2. The van der Waals surface area contributed by atoms with Gasteiger partial charge in [-0.05, 0) is 163 Å². The van der Waals surface area contributed by atoms with Crippen molar-refractivity contribution in [2.45, 2.75) is 34.6 Å². The Balaban J connectivity index is 0.0000000972. The van der Waals surface area contributed by atoms with E-state index >= 15 is 0 Å². The van der Waals surface area contributed by atoms with Gasteiger partial charge in [0.1, 0.15) is 0 Å². The van der Waals surface area contributed by atoms with Gasteiger partial charge < -0.3 is 0 Å². The van der Waals surface area contributed by atoms with Gasteiger partial charge in [-0.1, -0.05) is 289 Å². The highest BCUT2D eigenvalue weighted by Crippen LogP contribution is 2.44. The van der Waals surface area contributed by atoms with Gasteiger partial charge in [0.25, 0.3) is 0 Å². The summed E-state index contributed by atoms with van der Waals surface area (Å²) in [6.45, 7) is 10.7. The van der Waals surface area contributed by atoms with Crippen molar-refractivity contribution in [1.29, 1.82) is 0 Å². The summed E-state index contributed by atoms with van der Waals surface area (Å²) >= 11 is 9.38. The van der Waals surface area contributed by atoms with E-state index in [9.17, 15) is 0 Å². The summed E-state index contributed by atoms with van der Waals surface area (Å²) in [5, 5.41) is 13.6. The summed E-state index contributed by atoms with van der Waals surface area (Å²) in [5.41, 5.74) is 19.6. The Bertz CT molecular complexity index is 6320. The Morgan fingerprint density at radius 2 is 0.450 bits per heavy atom. The third kappa shape index (κ3) is 13.2. The average Bonchev–Trinajstić information content (AvgIpc) is 1.63. The molecule has 0 bridgehead atoms. The second-order valence-electron chi connectivity index (χ2n) is 25.8. The molecule has 15 aromatic carbocycles. The summed E-state index contributed by atoms with van der Waals surface area (Å²) in [6, 6.07) is 120. The number of rotatable bonds is 5. The van der Waals surface area contributed by atoms with E-state index in [-0.39, 0.29) is 0 Å².